The maximum atomic E-state index is 11.6. The number of carbonyl (C=O) groups excluding carboxylic acids is 1. The van der Waals surface area contributed by atoms with E-state index in [1.807, 2.05) is 13.8 Å². The molecule has 1 atom stereocenters. The molecule has 0 aliphatic rings. The summed E-state index contributed by atoms with van der Waals surface area (Å²) in [4.78, 5) is 11.6. The number of amides is 1. The zero-order chi connectivity index (χ0) is 16.2. The lowest BCUT2D eigenvalue weighted by molar-refractivity contribution is 0.0496. The third-order valence-electron chi connectivity index (χ3n) is 2.18. The Morgan fingerprint density at radius 3 is 2.15 bits per heavy atom. The van der Waals surface area contributed by atoms with Crippen LogP contribution in [-0.4, -0.2) is 39.0 Å². The Hall–Kier alpha value is -0.820. The van der Waals surface area contributed by atoms with Crippen molar-refractivity contribution in [3.05, 3.63) is 6.92 Å². The lowest BCUT2D eigenvalue weighted by Crippen LogP contribution is -2.40. The first-order valence-electron chi connectivity index (χ1n) is 6.37. The monoisotopic (exact) mass is 308 g/mol. The average molecular weight is 308 g/mol. The Morgan fingerprint density at radius 1 is 1.25 bits per heavy atom. The highest BCUT2D eigenvalue weighted by molar-refractivity contribution is 7.85. The van der Waals surface area contributed by atoms with Gasteiger partial charge in [-0.3, -0.25) is 4.18 Å². The smallest absolute Gasteiger partial charge is 0.407 e. The van der Waals surface area contributed by atoms with Crippen molar-refractivity contribution < 1.29 is 22.1 Å². The normalized spacial score (nSPS) is 14.8. The van der Waals surface area contributed by atoms with Gasteiger partial charge in [0.05, 0.1) is 12.9 Å². The van der Waals surface area contributed by atoms with Gasteiger partial charge in [-0.2, -0.15) is 8.42 Å². The quantitative estimate of drug-likeness (QED) is 0.760. The molecular formula is C13H26NO5S. The standard InChI is InChI=1S/C13H26NO5S/c1-10(14-11(15)19-12(2,3)4)8-13(5,6)9-18-20(7,16)17/h10H,1,8-9H2,2-7H3,(H,14,15)/t10-/m0/s1. The van der Waals surface area contributed by atoms with E-state index in [1.54, 1.807) is 20.8 Å². The second kappa shape index (κ2) is 6.76. The van der Waals surface area contributed by atoms with E-state index in [1.165, 1.54) is 0 Å². The summed E-state index contributed by atoms with van der Waals surface area (Å²) in [5.41, 5.74) is -1.01. The number of hydrogen-bond acceptors (Lipinski definition) is 5. The first-order chi connectivity index (χ1) is 8.70. The third kappa shape index (κ3) is 11.0. The Balaban J connectivity index is 4.31. The van der Waals surface area contributed by atoms with Crippen LogP contribution in [0.1, 0.15) is 41.0 Å². The van der Waals surface area contributed by atoms with Gasteiger partial charge < -0.3 is 10.1 Å². The molecule has 0 heterocycles. The molecule has 0 aromatic rings. The van der Waals surface area contributed by atoms with Crippen LogP contribution in [0.2, 0.25) is 0 Å². The predicted molar refractivity (Wildman–Crippen MR) is 77.7 cm³/mol. The van der Waals surface area contributed by atoms with E-state index in [-0.39, 0.29) is 6.61 Å². The summed E-state index contributed by atoms with van der Waals surface area (Å²) in [5, 5.41) is 2.61. The number of rotatable bonds is 6. The van der Waals surface area contributed by atoms with Gasteiger partial charge in [0.1, 0.15) is 5.60 Å². The van der Waals surface area contributed by atoms with E-state index >= 15 is 0 Å². The lowest BCUT2D eigenvalue weighted by Gasteiger charge is -2.28. The van der Waals surface area contributed by atoms with Gasteiger partial charge in [0.2, 0.25) is 0 Å². The molecule has 0 spiro atoms. The molecule has 0 aliphatic carbocycles. The van der Waals surface area contributed by atoms with Crippen LogP contribution in [0.4, 0.5) is 4.79 Å². The highest BCUT2D eigenvalue weighted by atomic mass is 32.2. The van der Waals surface area contributed by atoms with Crippen molar-refractivity contribution in [3.63, 3.8) is 0 Å². The predicted octanol–water partition coefficient (Wildman–Crippen LogP) is 2.11. The molecule has 20 heavy (non-hydrogen) atoms. The molecule has 119 valence electrons. The molecule has 0 bridgehead atoms. The van der Waals surface area contributed by atoms with Crippen molar-refractivity contribution in [2.24, 2.45) is 5.41 Å². The van der Waals surface area contributed by atoms with Crippen LogP contribution < -0.4 is 5.32 Å². The number of carbonyl (C=O) groups is 1. The minimum absolute atomic E-state index is 0.0356. The highest BCUT2D eigenvalue weighted by Gasteiger charge is 2.25. The van der Waals surface area contributed by atoms with Gasteiger partial charge in [-0.15, -0.1) is 0 Å². The molecule has 0 aliphatic heterocycles. The molecule has 0 saturated heterocycles. The fourth-order valence-electron chi connectivity index (χ4n) is 1.52. The molecule has 0 fully saturated rings. The third-order valence-corrected chi connectivity index (χ3v) is 2.73. The van der Waals surface area contributed by atoms with Crippen molar-refractivity contribution in [2.75, 3.05) is 12.9 Å². The van der Waals surface area contributed by atoms with Gasteiger partial charge in [0, 0.05) is 6.04 Å². The summed E-state index contributed by atoms with van der Waals surface area (Å²) in [6.45, 7) is 12.9. The van der Waals surface area contributed by atoms with Crippen molar-refractivity contribution in [1.82, 2.24) is 5.32 Å². The zero-order valence-electron chi connectivity index (χ0n) is 13.1. The van der Waals surface area contributed by atoms with Crippen LogP contribution in [0.3, 0.4) is 0 Å². The number of alkyl carbamates (subject to hydrolysis) is 1. The topological polar surface area (TPSA) is 81.7 Å². The Labute approximate surface area is 122 Å². The van der Waals surface area contributed by atoms with E-state index in [4.69, 9.17) is 8.92 Å². The van der Waals surface area contributed by atoms with E-state index < -0.39 is 33.3 Å². The van der Waals surface area contributed by atoms with Gasteiger partial charge in [-0.1, -0.05) is 13.8 Å². The second-order valence-electron chi connectivity index (χ2n) is 6.68. The number of hydrogen-bond donors (Lipinski definition) is 1. The fourth-order valence-corrected chi connectivity index (χ4v) is 2.05. The van der Waals surface area contributed by atoms with Crippen LogP contribution in [0, 0.1) is 12.3 Å². The molecule has 0 saturated carbocycles. The minimum Gasteiger partial charge on any atom is -0.444 e. The zero-order valence-corrected chi connectivity index (χ0v) is 14.0. The maximum absolute atomic E-state index is 11.6. The van der Waals surface area contributed by atoms with E-state index in [2.05, 4.69) is 12.2 Å². The highest BCUT2D eigenvalue weighted by Crippen LogP contribution is 2.23. The second-order valence-corrected chi connectivity index (χ2v) is 8.32. The lowest BCUT2D eigenvalue weighted by atomic mass is 9.87. The molecule has 0 aromatic carbocycles. The molecule has 1 amide bonds. The summed E-state index contributed by atoms with van der Waals surface area (Å²) in [6.07, 6.45) is 0.920. The van der Waals surface area contributed by atoms with Crippen LogP contribution in [-0.2, 0) is 19.0 Å². The first-order valence-corrected chi connectivity index (χ1v) is 8.19. The van der Waals surface area contributed by atoms with Gasteiger partial charge in [0.25, 0.3) is 10.1 Å². The summed E-state index contributed by atoms with van der Waals surface area (Å²) in [6, 6.07) is -0.400. The SMILES string of the molecule is [CH2][C@@H](CC(C)(C)COS(C)(=O)=O)NC(=O)OC(C)(C)C. The Morgan fingerprint density at radius 2 is 1.75 bits per heavy atom. The van der Waals surface area contributed by atoms with Gasteiger partial charge >= 0.3 is 6.09 Å². The molecule has 0 unspecified atom stereocenters. The van der Waals surface area contributed by atoms with Crippen LogP contribution >= 0.6 is 0 Å². The van der Waals surface area contributed by atoms with Crippen molar-refractivity contribution in [3.8, 4) is 0 Å². The Kier molecular flexibility index (Phi) is 6.48. The first kappa shape index (κ1) is 19.2. The van der Waals surface area contributed by atoms with Gasteiger partial charge in [-0.05, 0) is 39.5 Å². The van der Waals surface area contributed by atoms with Gasteiger partial charge in [0.15, 0.2) is 0 Å². The van der Waals surface area contributed by atoms with Crippen molar-refractivity contribution >= 4 is 16.2 Å². The van der Waals surface area contributed by atoms with Crippen LogP contribution in [0.5, 0.6) is 0 Å². The Bertz CT molecular complexity index is 423. The number of ether oxygens (including phenoxy) is 1. The molecule has 6 nitrogen and oxygen atoms in total. The van der Waals surface area contributed by atoms with Crippen LogP contribution in [0.25, 0.3) is 0 Å². The minimum atomic E-state index is -3.47. The summed E-state index contributed by atoms with van der Waals surface area (Å²) in [7, 11) is -3.47. The number of nitrogens with one attached hydrogen (secondary N) is 1. The molecule has 1 N–H and O–H groups in total. The fraction of sp³-hybridized carbons (Fsp3) is 0.846. The van der Waals surface area contributed by atoms with E-state index in [9.17, 15) is 13.2 Å². The summed E-state index contributed by atoms with van der Waals surface area (Å²) < 4.78 is 31.8. The van der Waals surface area contributed by atoms with Crippen molar-refractivity contribution in [2.45, 2.75) is 52.7 Å². The van der Waals surface area contributed by atoms with E-state index in [0.29, 0.717) is 6.42 Å². The molecule has 1 radical (unpaired) electrons. The van der Waals surface area contributed by atoms with Gasteiger partial charge in [-0.25, -0.2) is 4.79 Å². The maximum Gasteiger partial charge on any atom is 0.407 e. The van der Waals surface area contributed by atoms with Crippen molar-refractivity contribution in [1.29, 1.82) is 0 Å². The largest absolute Gasteiger partial charge is 0.444 e. The summed E-state index contributed by atoms with van der Waals surface area (Å²) >= 11 is 0. The summed E-state index contributed by atoms with van der Waals surface area (Å²) in [5.74, 6) is 0. The molecule has 7 heteroatoms. The average Bonchev–Trinajstić information content (AvgIpc) is 2.08. The van der Waals surface area contributed by atoms with Crippen LogP contribution in [0.15, 0.2) is 0 Å². The van der Waals surface area contributed by atoms with E-state index in [0.717, 1.165) is 6.26 Å². The molecular weight excluding hydrogens is 282 g/mol. The molecule has 0 aromatic heterocycles. The molecule has 0 rings (SSSR count).